The van der Waals surface area contributed by atoms with Crippen molar-refractivity contribution in [3.05, 3.63) is 180 Å². The Bertz CT molecular complexity index is 3000. The van der Waals surface area contributed by atoms with Crippen LogP contribution in [0.5, 0.6) is 23.0 Å². The smallest absolute Gasteiger partial charge is 0.127 e. The summed E-state index contributed by atoms with van der Waals surface area (Å²) in [4.78, 5) is 0. The van der Waals surface area contributed by atoms with Crippen LogP contribution in [0.3, 0.4) is 0 Å². The van der Waals surface area contributed by atoms with Crippen molar-refractivity contribution in [2.45, 2.75) is 12.8 Å². The SMILES string of the molecule is COc1cc(-c2cc3ccc(-c4cccc5c4Cc4ccccc4-5)cc3cc2OC)c(OC)cc1-c1cc2ccc(-c3cccc4c3Cc3ccccc3-4)cc2cc1OC. The van der Waals surface area contributed by atoms with Gasteiger partial charge in [-0.2, -0.15) is 0 Å². The standard InChI is InChI=1S/C56H42O4/c1-57-53-29-39-23-37(43-15-9-17-45-41-13-7-5-11-35(41)27-47(43)45)21-19-33(39)25-49(53)51-31-56(60-4)52(32-55(51)59-3)50-26-34-20-22-38(24-40(34)30-54(50)58-2)44-16-10-18-46-42-14-8-6-12-36(42)28-48(44)46/h5-26,29-32H,27-28H2,1-4H3. The number of benzene rings is 9. The van der Waals surface area contributed by atoms with Crippen LogP contribution in [0, 0.1) is 0 Å². The highest BCUT2D eigenvalue weighted by atomic mass is 16.5. The van der Waals surface area contributed by atoms with Crippen molar-refractivity contribution in [1.29, 1.82) is 0 Å². The van der Waals surface area contributed by atoms with Gasteiger partial charge in [0, 0.05) is 22.3 Å². The first-order valence-corrected chi connectivity index (χ1v) is 20.4. The topological polar surface area (TPSA) is 36.9 Å². The van der Waals surface area contributed by atoms with Gasteiger partial charge < -0.3 is 18.9 Å². The molecule has 0 aliphatic heterocycles. The van der Waals surface area contributed by atoms with Gasteiger partial charge in [0.1, 0.15) is 23.0 Å². The Morgan fingerprint density at radius 2 is 0.650 bits per heavy atom. The first-order valence-electron chi connectivity index (χ1n) is 20.4. The Morgan fingerprint density at radius 3 is 1.08 bits per heavy atom. The summed E-state index contributed by atoms with van der Waals surface area (Å²) in [7, 11) is 6.87. The molecule has 0 aromatic heterocycles. The molecule has 11 rings (SSSR count). The highest BCUT2D eigenvalue weighted by Crippen LogP contribution is 2.49. The molecule has 0 heterocycles. The maximum Gasteiger partial charge on any atom is 0.127 e. The van der Waals surface area contributed by atoms with Gasteiger partial charge in [0.05, 0.1) is 28.4 Å². The zero-order valence-electron chi connectivity index (χ0n) is 34.1. The second kappa shape index (κ2) is 14.2. The number of ether oxygens (including phenoxy) is 4. The molecule has 9 aromatic carbocycles. The minimum atomic E-state index is 0.705. The van der Waals surface area contributed by atoms with E-state index in [0.29, 0.717) is 11.5 Å². The summed E-state index contributed by atoms with van der Waals surface area (Å²) >= 11 is 0. The Kier molecular flexibility index (Phi) is 8.49. The number of hydrogen-bond acceptors (Lipinski definition) is 4. The summed E-state index contributed by atoms with van der Waals surface area (Å²) in [6.07, 6.45) is 1.88. The average molecular weight is 779 g/mol. The van der Waals surface area contributed by atoms with Crippen molar-refractivity contribution in [3.8, 4) is 89.8 Å². The zero-order chi connectivity index (χ0) is 40.5. The van der Waals surface area contributed by atoms with Crippen LogP contribution >= 0.6 is 0 Å². The lowest BCUT2D eigenvalue weighted by molar-refractivity contribution is 0.402. The van der Waals surface area contributed by atoms with Gasteiger partial charge >= 0.3 is 0 Å². The molecule has 0 atom stereocenters. The lowest BCUT2D eigenvalue weighted by atomic mass is 9.91. The molecule has 2 aliphatic rings. The molecule has 2 aliphatic carbocycles. The summed E-state index contributed by atoms with van der Waals surface area (Å²) in [5, 5.41) is 4.43. The van der Waals surface area contributed by atoms with Crippen LogP contribution in [0.2, 0.25) is 0 Å². The normalized spacial score (nSPS) is 12.2. The Hall–Kier alpha value is -7.30. The van der Waals surface area contributed by atoms with E-state index in [2.05, 4.69) is 158 Å². The predicted octanol–water partition coefficient (Wildman–Crippen LogP) is 13.8. The second-order valence-corrected chi connectivity index (χ2v) is 15.8. The van der Waals surface area contributed by atoms with Crippen LogP contribution in [0.25, 0.3) is 88.3 Å². The highest BCUT2D eigenvalue weighted by Gasteiger charge is 2.24. The van der Waals surface area contributed by atoms with Crippen molar-refractivity contribution in [2.75, 3.05) is 28.4 Å². The molecular formula is C56H42O4. The summed E-state index contributed by atoms with van der Waals surface area (Å²) in [6, 6.07) is 57.0. The summed E-state index contributed by atoms with van der Waals surface area (Å²) in [6.45, 7) is 0. The Balaban J connectivity index is 0.967. The number of hydrogen-bond donors (Lipinski definition) is 0. The fourth-order valence-corrected chi connectivity index (χ4v) is 9.82. The van der Waals surface area contributed by atoms with Gasteiger partial charge in [0.25, 0.3) is 0 Å². The molecule has 290 valence electrons. The van der Waals surface area contributed by atoms with Gasteiger partial charge in [0.15, 0.2) is 0 Å². The third-order valence-electron chi connectivity index (χ3n) is 12.7. The number of rotatable bonds is 8. The zero-order valence-corrected chi connectivity index (χ0v) is 34.1. The molecule has 4 heteroatoms. The van der Waals surface area contributed by atoms with Gasteiger partial charge in [-0.05, 0) is 150 Å². The molecule has 0 saturated carbocycles. The maximum absolute atomic E-state index is 6.15. The van der Waals surface area contributed by atoms with Crippen LogP contribution in [-0.2, 0) is 12.8 Å². The van der Waals surface area contributed by atoms with Crippen molar-refractivity contribution in [2.24, 2.45) is 0 Å². The second-order valence-electron chi connectivity index (χ2n) is 15.8. The third kappa shape index (κ3) is 5.66. The molecule has 0 N–H and O–H groups in total. The molecule has 60 heavy (non-hydrogen) atoms. The number of methoxy groups -OCH3 is 4. The highest BCUT2D eigenvalue weighted by molar-refractivity contribution is 5.99. The van der Waals surface area contributed by atoms with E-state index < -0.39 is 0 Å². The molecule has 0 saturated heterocycles. The van der Waals surface area contributed by atoms with Gasteiger partial charge in [-0.3, -0.25) is 0 Å². The first kappa shape index (κ1) is 35.8. The Morgan fingerprint density at radius 1 is 0.283 bits per heavy atom. The van der Waals surface area contributed by atoms with Crippen LogP contribution < -0.4 is 18.9 Å². The van der Waals surface area contributed by atoms with E-state index in [9.17, 15) is 0 Å². The van der Waals surface area contributed by atoms with Crippen LogP contribution in [0.4, 0.5) is 0 Å². The average Bonchev–Trinajstić information content (AvgIpc) is 3.88. The molecule has 9 aromatic rings. The molecular weight excluding hydrogens is 737 g/mol. The summed E-state index contributed by atoms with van der Waals surface area (Å²) < 4.78 is 24.5. The largest absolute Gasteiger partial charge is 0.496 e. The summed E-state index contributed by atoms with van der Waals surface area (Å²) in [5.74, 6) is 2.92. The quantitative estimate of drug-likeness (QED) is 0.154. The van der Waals surface area contributed by atoms with E-state index >= 15 is 0 Å². The lowest BCUT2D eigenvalue weighted by Gasteiger charge is -2.19. The van der Waals surface area contributed by atoms with E-state index in [1.807, 2.05) is 0 Å². The molecule has 0 radical (unpaired) electrons. The van der Waals surface area contributed by atoms with E-state index in [4.69, 9.17) is 18.9 Å². The predicted molar refractivity (Wildman–Crippen MR) is 246 cm³/mol. The van der Waals surface area contributed by atoms with Crippen LogP contribution in [-0.4, -0.2) is 28.4 Å². The molecule has 0 amide bonds. The molecule has 0 unspecified atom stereocenters. The molecule has 0 fully saturated rings. The van der Waals surface area contributed by atoms with Crippen molar-refractivity contribution >= 4 is 21.5 Å². The van der Waals surface area contributed by atoms with Crippen molar-refractivity contribution in [1.82, 2.24) is 0 Å². The monoisotopic (exact) mass is 778 g/mol. The molecule has 0 spiro atoms. The minimum absolute atomic E-state index is 0.705. The van der Waals surface area contributed by atoms with Crippen LogP contribution in [0.15, 0.2) is 158 Å². The number of fused-ring (bicyclic) bond motifs is 8. The van der Waals surface area contributed by atoms with Crippen molar-refractivity contribution in [3.63, 3.8) is 0 Å². The maximum atomic E-state index is 6.15. The first-order chi connectivity index (χ1) is 29.5. The Labute approximate surface area is 350 Å². The third-order valence-corrected chi connectivity index (χ3v) is 12.7. The molecule has 0 bridgehead atoms. The summed E-state index contributed by atoms with van der Waals surface area (Å²) in [5.41, 5.74) is 19.4. The fraction of sp³-hybridized carbons (Fsp3) is 0.107. The van der Waals surface area contributed by atoms with E-state index in [0.717, 1.165) is 68.1 Å². The fourth-order valence-electron chi connectivity index (χ4n) is 9.82. The van der Waals surface area contributed by atoms with Gasteiger partial charge in [0.2, 0.25) is 0 Å². The van der Waals surface area contributed by atoms with Crippen molar-refractivity contribution < 1.29 is 18.9 Å². The molecule has 4 nitrogen and oxygen atoms in total. The van der Waals surface area contributed by atoms with Crippen LogP contribution in [0.1, 0.15) is 22.3 Å². The minimum Gasteiger partial charge on any atom is -0.496 e. The van der Waals surface area contributed by atoms with E-state index in [1.54, 1.807) is 28.4 Å². The van der Waals surface area contributed by atoms with Gasteiger partial charge in [-0.25, -0.2) is 0 Å². The lowest BCUT2D eigenvalue weighted by Crippen LogP contribution is -1.97. The van der Waals surface area contributed by atoms with E-state index in [-0.39, 0.29) is 0 Å². The van der Waals surface area contributed by atoms with E-state index in [1.165, 1.54) is 66.8 Å². The van der Waals surface area contributed by atoms with Gasteiger partial charge in [-0.15, -0.1) is 0 Å². The van der Waals surface area contributed by atoms with Gasteiger partial charge in [-0.1, -0.05) is 109 Å².